The van der Waals surface area contributed by atoms with Crippen molar-refractivity contribution in [1.29, 1.82) is 0 Å². The number of piperidine rings is 2. The van der Waals surface area contributed by atoms with Crippen LogP contribution in [0.1, 0.15) is 43.6 Å². The zero-order valence-electron chi connectivity index (χ0n) is 12.8. The Morgan fingerprint density at radius 1 is 0.952 bits per heavy atom. The van der Waals surface area contributed by atoms with Gasteiger partial charge in [0.15, 0.2) is 0 Å². The lowest BCUT2D eigenvalue weighted by Gasteiger charge is -2.34. The summed E-state index contributed by atoms with van der Waals surface area (Å²) in [6, 6.07) is 10.8. The molecule has 3 rings (SSSR count). The molecule has 2 heterocycles. The molecule has 114 valence electrons. The minimum absolute atomic E-state index is 0.341. The van der Waals surface area contributed by atoms with Crippen LogP contribution in [0.5, 0.6) is 0 Å². The van der Waals surface area contributed by atoms with E-state index in [1.807, 2.05) is 0 Å². The summed E-state index contributed by atoms with van der Waals surface area (Å²) in [4.78, 5) is 16.7. The van der Waals surface area contributed by atoms with Gasteiger partial charge in [-0.05, 0) is 56.7 Å². The zero-order valence-corrected chi connectivity index (χ0v) is 12.8. The highest BCUT2D eigenvalue weighted by molar-refractivity contribution is 5.78. The van der Waals surface area contributed by atoms with Crippen molar-refractivity contribution >= 4 is 5.91 Å². The second-order valence-electron chi connectivity index (χ2n) is 6.40. The first-order chi connectivity index (χ1) is 10.3. The van der Waals surface area contributed by atoms with Crippen molar-refractivity contribution in [3.63, 3.8) is 0 Å². The van der Waals surface area contributed by atoms with Crippen LogP contribution in [-0.4, -0.2) is 48.4 Å². The van der Waals surface area contributed by atoms with Crippen LogP contribution >= 0.6 is 0 Å². The van der Waals surface area contributed by atoms with Crippen LogP contribution in [0.3, 0.4) is 0 Å². The lowest BCUT2D eigenvalue weighted by atomic mass is 9.89. The molecule has 21 heavy (non-hydrogen) atoms. The molecule has 0 spiro atoms. The third kappa shape index (κ3) is 3.85. The monoisotopic (exact) mass is 286 g/mol. The van der Waals surface area contributed by atoms with Crippen molar-refractivity contribution < 1.29 is 4.79 Å². The molecule has 0 aliphatic carbocycles. The first-order valence-electron chi connectivity index (χ1n) is 8.38. The second-order valence-corrected chi connectivity index (χ2v) is 6.40. The summed E-state index contributed by atoms with van der Waals surface area (Å²) in [5, 5.41) is 0. The summed E-state index contributed by atoms with van der Waals surface area (Å²) >= 11 is 0. The number of likely N-dealkylation sites (tertiary alicyclic amines) is 2. The average molecular weight is 286 g/mol. The third-order valence-electron chi connectivity index (χ3n) is 4.93. The van der Waals surface area contributed by atoms with Crippen molar-refractivity contribution in [3.8, 4) is 0 Å². The molecule has 0 N–H and O–H groups in total. The Balaban J connectivity index is 1.46. The van der Waals surface area contributed by atoms with Gasteiger partial charge in [0, 0.05) is 13.1 Å². The predicted molar refractivity (Wildman–Crippen MR) is 85.3 cm³/mol. The van der Waals surface area contributed by atoms with Crippen LogP contribution in [0.15, 0.2) is 30.3 Å². The van der Waals surface area contributed by atoms with Crippen molar-refractivity contribution in [3.05, 3.63) is 35.9 Å². The molecule has 2 saturated heterocycles. The lowest BCUT2D eigenvalue weighted by molar-refractivity contribution is -0.133. The molecular formula is C18H26N2O. The van der Waals surface area contributed by atoms with Crippen molar-refractivity contribution in [2.24, 2.45) is 0 Å². The summed E-state index contributed by atoms with van der Waals surface area (Å²) in [6.45, 7) is 4.68. The maximum atomic E-state index is 12.3. The number of benzene rings is 1. The Morgan fingerprint density at radius 2 is 1.62 bits per heavy atom. The SMILES string of the molecule is O=C(CN1CCC(c2ccccc2)CC1)N1CCCCC1. The Hall–Kier alpha value is -1.35. The predicted octanol–water partition coefficient (Wildman–Crippen LogP) is 2.88. The summed E-state index contributed by atoms with van der Waals surface area (Å²) in [5.74, 6) is 1.01. The topological polar surface area (TPSA) is 23.6 Å². The summed E-state index contributed by atoms with van der Waals surface area (Å²) < 4.78 is 0. The Bertz CT molecular complexity index is 446. The fourth-order valence-corrected chi connectivity index (χ4v) is 3.58. The third-order valence-corrected chi connectivity index (χ3v) is 4.93. The standard InChI is InChI=1S/C18H26N2O/c21-18(20-11-5-2-6-12-20)15-19-13-9-17(10-14-19)16-7-3-1-4-8-16/h1,3-4,7-8,17H,2,5-6,9-15H2. The molecule has 1 aromatic rings. The molecule has 2 aliphatic heterocycles. The fourth-order valence-electron chi connectivity index (χ4n) is 3.58. The molecule has 1 amide bonds. The van der Waals surface area contributed by atoms with Crippen molar-refractivity contribution in [1.82, 2.24) is 9.80 Å². The zero-order chi connectivity index (χ0) is 14.5. The quantitative estimate of drug-likeness (QED) is 0.853. The molecule has 2 fully saturated rings. The summed E-state index contributed by atoms with van der Waals surface area (Å²) in [6.07, 6.45) is 6.00. The number of carbonyl (C=O) groups is 1. The molecule has 0 aromatic heterocycles. The van der Waals surface area contributed by atoms with Gasteiger partial charge >= 0.3 is 0 Å². The fraction of sp³-hybridized carbons (Fsp3) is 0.611. The number of hydrogen-bond acceptors (Lipinski definition) is 2. The highest BCUT2D eigenvalue weighted by Crippen LogP contribution is 2.27. The molecule has 0 unspecified atom stereocenters. The van der Waals surface area contributed by atoms with E-state index in [1.165, 1.54) is 37.7 Å². The van der Waals surface area contributed by atoms with Gasteiger partial charge in [-0.2, -0.15) is 0 Å². The van der Waals surface area contributed by atoms with Gasteiger partial charge in [0.05, 0.1) is 6.54 Å². The summed E-state index contributed by atoms with van der Waals surface area (Å²) in [7, 11) is 0. The molecule has 0 saturated carbocycles. The Morgan fingerprint density at radius 3 is 2.29 bits per heavy atom. The Kier molecular flexibility index (Phi) is 4.91. The van der Waals surface area contributed by atoms with Crippen LogP contribution in [0.4, 0.5) is 0 Å². The molecule has 2 aliphatic rings. The minimum atomic E-state index is 0.341. The van der Waals surface area contributed by atoms with Crippen molar-refractivity contribution in [2.75, 3.05) is 32.7 Å². The van der Waals surface area contributed by atoms with Crippen LogP contribution in [0.25, 0.3) is 0 Å². The first kappa shape index (κ1) is 14.6. The first-order valence-corrected chi connectivity index (χ1v) is 8.38. The molecule has 3 heteroatoms. The minimum Gasteiger partial charge on any atom is -0.342 e. The van der Waals surface area contributed by atoms with Crippen LogP contribution in [-0.2, 0) is 4.79 Å². The maximum Gasteiger partial charge on any atom is 0.236 e. The van der Waals surface area contributed by atoms with Gasteiger partial charge in [-0.3, -0.25) is 9.69 Å². The van der Waals surface area contributed by atoms with E-state index in [0.717, 1.165) is 26.2 Å². The normalized spacial score (nSPS) is 21.4. The van der Waals surface area contributed by atoms with Gasteiger partial charge in [0.2, 0.25) is 5.91 Å². The highest BCUT2D eigenvalue weighted by atomic mass is 16.2. The number of rotatable bonds is 3. The number of carbonyl (C=O) groups excluding carboxylic acids is 1. The van der Waals surface area contributed by atoms with E-state index in [1.54, 1.807) is 0 Å². The number of hydrogen-bond donors (Lipinski definition) is 0. The molecule has 3 nitrogen and oxygen atoms in total. The lowest BCUT2D eigenvalue weighted by Crippen LogP contribution is -2.44. The van der Waals surface area contributed by atoms with E-state index in [9.17, 15) is 4.79 Å². The molecular weight excluding hydrogens is 260 g/mol. The number of amides is 1. The van der Waals surface area contributed by atoms with Gasteiger partial charge in [-0.1, -0.05) is 30.3 Å². The van der Waals surface area contributed by atoms with Crippen LogP contribution in [0.2, 0.25) is 0 Å². The van der Waals surface area contributed by atoms with E-state index >= 15 is 0 Å². The second kappa shape index (κ2) is 7.08. The van der Waals surface area contributed by atoms with Gasteiger partial charge in [-0.15, -0.1) is 0 Å². The van der Waals surface area contributed by atoms with Gasteiger partial charge in [-0.25, -0.2) is 0 Å². The average Bonchev–Trinajstić information content (AvgIpc) is 2.57. The van der Waals surface area contributed by atoms with E-state index in [4.69, 9.17) is 0 Å². The van der Waals surface area contributed by atoms with E-state index in [2.05, 4.69) is 40.1 Å². The summed E-state index contributed by atoms with van der Waals surface area (Å²) in [5.41, 5.74) is 1.46. The molecule has 0 atom stereocenters. The molecule has 0 radical (unpaired) electrons. The Labute approximate surface area is 127 Å². The van der Waals surface area contributed by atoms with Gasteiger partial charge in [0.25, 0.3) is 0 Å². The van der Waals surface area contributed by atoms with Crippen LogP contribution < -0.4 is 0 Å². The van der Waals surface area contributed by atoms with Gasteiger partial charge < -0.3 is 4.90 Å². The van der Waals surface area contributed by atoms with E-state index in [0.29, 0.717) is 18.4 Å². The largest absolute Gasteiger partial charge is 0.342 e. The van der Waals surface area contributed by atoms with Gasteiger partial charge in [0.1, 0.15) is 0 Å². The van der Waals surface area contributed by atoms with E-state index < -0.39 is 0 Å². The smallest absolute Gasteiger partial charge is 0.236 e. The molecule has 1 aromatic carbocycles. The van der Waals surface area contributed by atoms with E-state index in [-0.39, 0.29) is 0 Å². The van der Waals surface area contributed by atoms with Crippen molar-refractivity contribution in [2.45, 2.75) is 38.0 Å². The highest BCUT2D eigenvalue weighted by Gasteiger charge is 2.24. The molecule has 0 bridgehead atoms. The number of nitrogens with zero attached hydrogens (tertiary/aromatic N) is 2. The van der Waals surface area contributed by atoms with Crippen LogP contribution in [0, 0.1) is 0 Å². The maximum absolute atomic E-state index is 12.3.